The maximum Gasteiger partial charge on any atom is 0.152 e. The van der Waals surface area contributed by atoms with Gasteiger partial charge in [-0.1, -0.05) is 18.2 Å². The van der Waals surface area contributed by atoms with Crippen LogP contribution in [-0.4, -0.2) is 14.6 Å². The molecule has 0 aliphatic rings. The molecule has 3 aromatic heterocycles. The first-order valence-corrected chi connectivity index (χ1v) is 7.69. The zero-order chi connectivity index (χ0) is 16.0. The molecule has 3 heterocycles. The topological polar surface area (TPSA) is 55.4 Å². The molecule has 0 amide bonds. The molecule has 4 aromatic rings. The molecule has 0 radical (unpaired) electrons. The second kappa shape index (κ2) is 5.12. The Kier molecular flexibility index (Phi) is 3.08. The van der Waals surface area contributed by atoms with E-state index in [0.29, 0.717) is 0 Å². The van der Waals surface area contributed by atoms with E-state index in [-0.39, 0.29) is 6.04 Å². The Bertz CT molecular complexity index is 999. The van der Waals surface area contributed by atoms with Crippen molar-refractivity contribution in [1.82, 2.24) is 14.6 Å². The summed E-state index contributed by atoms with van der Waals surface area (Å²) in [6.45, 7) is 6.15. The van der Waals surface area contributed by atoms with Crippen molar-refractivity contribution in [1.29, 1.82) is 0 Å². The summed E-state index contributed by atoms with van der Waals surface area (Å²) in [6.07, 6.45) is 3.60. The number of aryl methyl sites for hydroxylation is 2. The Morgan fingerprint density at radius 1 is 1.22 bits per heavy atom. The Morgan fingerprint density at radius 3 is 2.87 bits per heavy atom. The lowest BCUT2D eigenvalue weighted by Gasteiger charge is -2.13. The quantitative estimate of drug-likeness (QED) is 0.614. The van der Waals surface area contributed by atoms with E-state index in [0.717, 1.165) is 39.3 Å². The highest BCUT2D eigenvalue weighted by Gasteiger charge is 2.18. The fourth-order valence-corrected chi connectivity index (χ4v) is 3.03. The first kappa shape index (κ1) is 13.8. The van der Waals surface area contributed by atoms with Crippen LogP contribution in [0.15, 0.2) is 47.1 Å². The van der Waals surface area contributed by atoms with Crippen LogP contribution >= 0.6 is 0 Å². The lowest BCUT2D eigenvalue weighted by atomic mass is 10.1. The summed E-state index contributed by atoms with van der Waals surface area (Å²) in [5, 5.41) is 9.03. The summed E-state index contributed by atoms with van der Waals surface area (Å²) in [7, 11) is 0. The zero-order valence-corrected chi connectivity index (χ0v) is 13.4. The van der Waals surface area contributed by atoms with E-state index >= 15 is 0 Å². The van der Waals surface area contributed by atoms with E-state index in [4.69, 9.17) is 4.42 Å². The van der Waals surface area contributed by atoms with Crippen LogP contribution in [0.1, 0.15) is 30.0 Å². The van der Waals surface area contributed by atoms with Crippen molar-refractivity contribution in [2.45, 2.75) is 26.8 Å². The fourth-order valence-electron chi connectivity index (χ4n) is 3.03. The first-order valence-electron chi connectivity index (χ1n) is 7.69. The van der Waals surface area contributed by atoms with Crippen molar-refractivity contribution in [2.75, 3.05) is 5.32 Å². The van der Waals surface area contributed by atoms with E-state index in [1.165, 1.54) is 0 Å². The number of fused-ring (bicyclic) bond motifs is 2. The number of furan rings is 1. The van der Waals surface area contributed by atoms with Crippen LogP contribution in [0.25, 0.3) is 16.5 Å². The molecule has 116 valence electrons. The van der Waals surface area contributed by atoms with Gasteiger partial charge in [0.2, 0.25) is 0 Å². The van der Waals surface area contributed by atoms with Gasteiger partial charge in [-0.2, -0.15) is 5.10 Å². The highest BCUT2D eigenvalue weighted by molar-refractivity contribution is 5.82. The lowest BCUT2D eigenvalue weighted by Crippen LogP contribution is -2.09. The molecule has 1 atom stereocenters. The summed E-state index contributed by atoms with van der Waals surface area (Å²) >= 11 is 0. The number of nitrogens with zero attached hydrogens (tertiary/aromatic N) is 3. The number of aromatic nitrogens is 3. The average Bonchev–Trinajstić information content (AvgIpc) is 3.08. The maximum atomic E-state index is 6.04. The minimum atomic E-state index is 0.0105. The SMILES string of the molecule is Cc1cc2c(N[C@H](C)c3oc4ccccc4c3C)nccn2n1. The molecule has 4 rings (SSSR count). The van der Waals surface area contributed by atoms with Gasteiger partial charge in [-0.05, 0) is 32.9 Å². The largest absolute Gasteiger partial charge is 0.459 e. The van der Waals surface area contributed by atoms with Gasteiger partial charge in [-0.15, -0.1) is 0 Å². The average molecular weight is 306 g/mol. The summed E-state index contributed by atoms with van der Waals surface area (Å²) in [4.78, 5) is 4.46. The van der Waals surface area contributed by atoms with Crippen molar-refractivity contribution in [3.63, 3.8) is 0 Å². The summed E-state index contributed by atoms with van der Waals surface area (Å²) < 4.78 is 7.87. The molecule has 0 aliphatic carbocycles. The predicted molar refractivity (Wildman–Crippen MR) is 90.7 cm³/mol. The summed E-state index contributed by atoms with van der Waals surface area (Å²) in [5.41, 5.74) is 4.01. The third kappa shape index (κ3) is 2.25. The summed E-state index contributed by atoms with van der Waals surface area (Å²) in [5.74, 6) is 1.74. The lowest BCUT2D eigenvalue weighted by molar-refractivity contribution is 0.521. The third-order valence-corrected chi connectivity index (χ3v) is 4.14. The van der Waals surface area contributed by atoms with Crippen LogP contribution in [-0.2, 0) is 0 Å². The van der Waals surface area contributed by atoms with Gasteiger partial charge in [-0.25, -0.2) is 9.50 Å². The van der Waals surface area contributed by atoms with Gasteiger partial charge < -0.3 is 9.73 Å². The Morgan fingerprint density at radius 2 is 2.04 bits per heavy atom. The monoisotopic (exact) mass is 306 g/mol. The second-order valence-electron chi connectivity index (χ2n) is 5.84. The van der Waals surface area contributed by atoms with Crippen LogP contribution in [0.2, 0.25) is 0 Å². The van der Waals surface area contributed by atoms with E-state index in [2.05, 4.69) is 35.3 Å². The molecule has 0 bridgehead atoms. The second-order valence-corrected chi connectivity index (χ2v) is 5.84. The van der Waals surface area contributed by atoms with Crippen molar-refractivity contribution >= 4 is 22.3 Å². The Balaban J connectivity index is 1.73. The Labute approximate surface area is 134 Å². The van der Waals surface area contributed by atoms with Gasteiger partial charge in [0.15, 0.2) is 5.82 Å². The van der Waals surface area contributed by atoms with Crippen LogP contribution in [0.3, 0.4) is 0 Å². The number of para-hydroxylation sites is 1. The smallest absolute Gasteiger partial charge is 0.152 e. The van der Waals surface area contributed by atoms with Gasteiger partial charge in [-0.3, -0.25) is 0 Å². The molecule has 0 saturated carbocycles. The van der Waals surface area contributed by atoms with Gasteiger partial charge in [0.1, 0.15) is 16.9 Å². The molecule has 0 spiro atoms. The van der Waals surface area contributed by atoms with E-state index in [1.807, 2.05) is 41.9 Å². The Hall–Kier alpha value is -2.82. The van der Waals surface area contributed by atoms with Gasteiger partial charge >= 0.3 is 0 Å². The zero-order valence-electron chi connectivity index (χ0n) is 13.4. The molecule has 0 unspecified atom stereocenters. The van der Waals surface area contributed by atoms with E-state index in [9.17, 15) is 0 Å². The molecule has 1 N–H and O–H groups in total. The fraction of sp³-hybridized carbons (Fsp3) is 0.222. The highest BCUT2D eigenvalue weighted by atomic mass is 16.3. The standard InChI is InChI=1S/C18H18N4O/c1-11-10-15-18(19-8-9-22(15)21-11)20-13(3)17-12(2)14-6-4-5-7-16(14)23-17/h4-10,13H,1-3H3,(H,19,20)/t13-/m1/s1. The maximum absolute atomic E-state index is 6.04. The number of hydrogen-bond acceptors (Lipinski definition) is 4. The van der Waals surface area contributed by atoms with Crippen molar-refractivity contribution < 1.29 is 4.42 Å². The van der Waals surface area contributed by atoms with Crippen molar-refractivity contribution in [2.24, 2.45) is 0 Å². The van der Waals surface area contributed by atoms with Gasteiger partial charge in [0, 0.05) is 23.3 Å². The molecule has 0 fully saturated rings. The highest BCUT2D eigenvalue weighted by Crippen LogP contribution is 2.31. The predicted octanol–water partition coefficient (Wildman–Crippen LogP) is 4.27. The summed E-state index contributed by atoms with van der Waals surface area (Å²) in [6, 6.07) is 10.1. The van der Waals surface area contributed by atoms with Gasteiger partial charge in [0.25, 0.3) is 0 Å². The number of rotatable bonds is 3. The molecule has 5 heteroatoms. The first-order chi connectivity index (χ1) is 11.1. The molecule has 1 aromatic carbocycles. The molecule has 23 heavy (non-hydrogen) atoms. The molecule has 0 saturated heterocycles. The van der Waals surface area contributed by atoms with E-state index in [1.54, 1.807) is 6.20 Å². The molecular weight excluding hydrogens is 288 g/mol. The number of hydrogen-bond donors (Lipinski definition) is 1. The molecule has 0 aliphatic heterocycles. The molecular formula is C18H18N4O. The van der Waals surface area contributed by atoms with Gasteiger partial charge in [0.05, 0.1) is 11.7 Å². The minimum absolute atomic E-state index is 0.0105. The normalized spacial score (nSPS) is 12.8. The number of anilines is 1. The van der Waals surface area contributed by atoms with Crippen molar-refractivity contribution in [3.8, 4) is 0 Å². The van der Waals surface area contributed by atoms with Crippen LogP contribution < -0.4 is 5.32 Å². The third-order valence-electron chi connectivity index (χ3n) is 4.14. The van der Waals surface area contributed by atoms with E-state index < -0.39 is 0 Å². The van der Waals surface area contributed by atoms with Crippen LogP contribution in [0, 0.1) is 13.8 Å². The van der Waals surface area contributed by atoms with Crippen molar-refractivity contribution in [3.05, 3.63) is 59.7 Å². The van der Waals surface area contributed by atoms with Crippen LogP contribution in [0.4, 0.5) is 5.82 Å². The van der Waals surface area contributed by atoms with Crippen LogP contribution in [0.5, 0.6) is 0 Å². The number of benzene rings is 1. The number of nitrogens with one attached hydrogen (secondary N) is 1. The molecule has 5 nitrogen and oxygen atoms in total. The minimum Gasteiger partial charge on any atom is -0.459 e.